The predicted octanol–water partition coefficient (Wildman–Crippen LogP) is 3.59. The average molecular weight is 357 g/mol. The van der Waals surface area contributed by atoms with Crippen molar-refractivity contribution in [2.45, 2.75) is 6.54 Å². The zero-order valence-electron chi connectivity index (χ0n) is 14.2. The average Bonchev–Trinajstić information content (AvgIpc) is 3.41. The maximum absolute atomic E-state index is 9.51. The van der Waals surface area contributed by atoms with Crippen LogP contribution in [0.1, 0.15) is 11.1 Å². The number of nitrogens with zero attached hydrogens (tertiary/aromatic N) is 5. The van der Waals surface area contributed by atoms with Gasteiger partial charge >= 0.3 is 0 Å². The van der Waals surface area contributed by atoms with Crippen molar-refractivity contribution >= 4 is 5.69 Å². The molecule has 0 unspecified atom stereocenters. The lowest BCUT2D eigenvalue weighted by atomic mass is 10.0. The highest BCUT2D eigenvalue weighted by Gasteiger charge is 2.14. The second kappa shape index (κ2) is 7.06. The second-order valence-electron chi connectivity index (χ2n) is 5.92. The SMILES string of the molecule is N#Cc1ccc(N(Cc2ccc(O)cc2)n2cnnc2)cc1-c1ccoc1. The number of furan rings is 1. The first-order valence-electron chi connectivity index (χ1n) is 8.21. The molecule has 27 heavy (non-hydrogen) atoms. The molecule has 0 radical (unpaired) electrons. The van der Waals surface area contributed by atoms with Gasteiger partial charge in [0.25, 0.3) is 0 Å². The Balaban J connectivity index is 1.77. The van der Waals surface area contributed by atoms with Crippen LogP contribution >= 0.6 is 0 Å². The maximum Gasteiger partial charge on any atom is 0.139 e. The number of aromatic hydroxyl groups is 1. The van der Waals surface area contributed by atoms with Crippen molar-refractivity contribution in [2.24, 2.45) is 0 Å². The van der Waals surface area contributed by atoms with Gasteiger partial charge in [-0.25, -0.2) is 4.68 Å². The molecular formula is C20H15N5O2. The van der Waals surface area contributed by atoms with Crippen molar-refractivity contribution in [3.63, 3.8) is 0 Å². The van der Waals surface area contributed by atoms with E-state index in [1.807, 2.05) is 35.3 Å². The van der Waals surface area contributed by atoms with Crippen molar-refractivity contribution in [3.05, 3.63) is 84.8 Å². The highest BCUT2D eigenvalue weighted by Crippen LogP contribution is 2.30. The number of rotatable bonds is 5. The van der Waals surface area contributed by atoms with E-state index in [2.05, 4.69) is 16.3 Å². The predicted molar refractivity (Wildman–Crippen MR) is 98.6 cm³/mol. The van der Waals surface area contributed by atoms with E-state index in [0.29, 0.717) is 12.1 Å². The van der Waals surface area contributed by atoms with Gasteiger partial charge in [0.15, 0.2) is 0 Å². The molecule has 0 amide bonds. The maximum atomic E-state index is 9.51. The molecule has 0 fully saturated rings. The number of nitriles is 1. The molecule has 7 heteroatoms. The summed E-state index contributed by atoms with van der Waals surface area (Å²) in [6.45, 7) is 0.523. The molecular weight excluding hydrogens is 342 g/mol. The van der Waals surface area contributed by atoms with Gasteiger partial charge < -0.3 is 9.52 Å². The van der Waals surface area contributed by atoms with Crippen LogP contribution in [0, 0.1) is 11.3 Å². The minimum atomic E-state index is 0.218. The minimum absolute atomic E-state index is 0.218. The summed E-state index contributed by atoms with van der Waals surface area (Å²) in [6.07, 6.45) is 6.41. The summed E-state index contributed by atoms with van der Waals surface area (Å²) in [7, 11) is 0. The van der Waals surface area contributed by atoms with Gasteiger partial charge in [0.05, 0.1) is 36.4 Å². The third-order valence-corrected chi connectivity index (χ3v) is 4.21. The van der Waals surface area contributed by atoms with Gasteiger partial charge in [0.2, 0.25) is 0 Å². The minimum Gasteiger partial charge on any atom is -0.508 e. The molecule has 7 nitrogen and oxygen atoms in total. The standard InChI is InChI=1S/C20H15N5O2/c21-10-16-3-4-18(9-20(16)17-7-8-27-12-17)25(24-13-22-23-14-24)11-15-1-5-19(26)6-2-15/h1-9,12-14,26H,11H2. The molecule has 4 aromatic rings. The summed E-state index contributed by atoms with van der Waals surface area (Å²) >= 11 is 0. The van der Waals surface area contributed by atoms with Gasteiger partial charge in [0.1, 0.15) is 18.4 Å². The Morgan fingerprint density at radius 2 is 1.85 bits per heavy atom. The molecule has 0 bridgehead atoms. The van der Waals surface area contributed by atoms with Crippen LogP contribution in [0.4, 0.5) is 5.69 Å². The summed E-state index contributed by atoms with van der Waals surface area (Å²) in [5, 5.41) is 28.7. The molecule has 2 heterocycles. The Morgan fingerprint density at radius 1 is 1.07 bits per heavy atom. The fourth-order valence-electron chi connectivity index (χ4n) is 2.85. The van der Waals surface area contributed by atoms with E-state index in [1.54, 1.807) is 48.1 Å². The van der Waals surface area contributed by atoms with Crippen molar-refractivity contribution < 1.29 is 9.52 Å². The van der Waals surface area contributed by atoms with E-state index in [4.69, 9.17) is 4.42 Å². The fourth-order valence-corrected chi connectivity index (χ4v) is 2.85. The number of hydrogen-bond donors (Lipinski definition) is 1. The quantitative estimate of drug-likeness (QED) is 0.587. The molecule has 0 saturated carbocycles. The molecule has 1 N–H and O–H groups in total. The molecule has 2 aromatic heterocycles. The normalized spacial score (nSPS) is 10.5. The lowest BCUT2D eigenvalue weighted by molar-refractivity contribution is 0.475. The monoisotopic (exact) mass is 357 g/mol. The topological polar surface area (TPSA) is 91.1 Å². The zero-order chi connectivity index (χ0) is 18.6. The van der Waals surface area contributed by atoms with Crippen LogP contribution in [-0.4, -0.2) is 20.0 Å². The second-order valence-corrected chi connectivity index (χ2v) is 5.92. The highest BCUT2D eigenvalue weighted by molar-refractivity contribution is 5.74. The van der Waals surface area contributed by atoms with Crippen LogP contribution in [0.15, 0.2) is 78.1 Å². The van der Waals surface area contributed by atoms with Crippen molar-refractivity contribution in [1.29, 1.82) is 5.26 Å². The van der Waals surface area contributed by atoms with E-state index in [9.17, 15) is 10.4 Å². The van der Waals surface area contributed by atoms with Crippen molar-refractivity contribution in [3.8, 4) is 22.9 Å². The third-order valence-electron chi connectivity index (χ3n) is 4.21. The van der Waals surface area contributed by atoms with Crippen LogP contribution in [-0.2, 0) is 6.54 Å². The van der Waals surface area contributed by atoms with E-state index >= 15 is 0 Å². The molecule has 0 spiro atoms. The third kappa shape index (κ3) is 3.37. The Kier molecular flexibility index (Phi) is 4.29. The summed E-state index contributed by atoms with van der Waals surface area (Å²) in [6, 6.07) is 16.6. The summed E-state index contributed by atoms with van der Waals surface area (Å²) in [5.74, 6) is 0.218. The Morgan fingerprint density at radius 3 is 2.52 bits per heavy atom. The first kappa shape index (κ1) is 16.4. The molecule has 0 aliphatic carbocycles. The summed E-state index contributed by atoms with van der Waals surface area (Å²) in [5.41, 5.74) is 4.04. The summed E-state index contributed by atoms with van der Waals surface area (Å²) in [4.78, 5) is 0. The molecule has 132 valence electrons. The van der Waals surface area contributed by atoms with Gasteiger partial charge in [-0.1, -0.05) is 12.1 Å². The van der Waals surface area contributed by atoms with E-state index < -0.39 is 0 Å². The van der Waals surface area contributed by atoms with Crippen molar-refractivity contribution in [1.82, 2.24) is 14.9 Å². The molecule has 4 rings (SSSR count). The van der Waals surface area contributed by atoms with Crippen LogP contribution in [0.5, 0.6) is 5.75 Å². The van der Waals surface area contributed by atoms with Gasteiger partial charge in [-0.2, -0.15) is 5.26 Å². The molecule has 0 atom stereocenters. The highest BCUT2D eigenvalue weighted by atomic mass is 16.3. The number of anilines is 1. The number of hydrogen-bond acceptors (Lipinski definition) is 6. The van der Waals surface area contributed by atoms with Gasteiger partial charge in [0, 0.05) is 11.1 Å². The molecule has 0 aliphatic heterocycles. The van der Waals surface area contributed by atoms with Gasteiger partial charge in [-0.3, -0.25) is 5.01 Å². The van der Waals surface area contributed by atoms with Crippen LogP contribution in [0.3, 0.4) is 0 Å². The number of phenolic OH excluding ortho intramolecular Hbond substituents is 1. The van der Waals surface area contributed by atoms with Crippen LogP contribution in [0.25, 0.3) is 11.1 Å². The number of aromatic nitrogens is 3. The Labute approximate surface area is 155 Å². The smallest absolute Gasteiger partial charge is 0.139 e. The number of benzene rings is 2. The zero-order valence-corrected chi connectivity index (χ0v) is 14.2. The van der Waals surface area contributed by atoms with Gasteiger partial charge in [-0.15, -0.1) is 10.2 Å². The molecule has 0 saturated heterocycles. The molecule has 0 aliphatic rings. The first-order valence-corrected chi connectivity index (χ1v) is 8.21. The van der Waals surface area contributed by atoms with Crippen LogP contribution in [0.2, 0.25) is 0 Å². The lowest BCUT2D eigenvalue weighted by Gasteiger charge is -2.25. The van der Waals surface area contributed by atoms with Crippen LogP contribution < -0.4 is 5.01 Å². The van der Waals surface area contributed by atoms with E-state index in [-0.39, 0.29) is 5.75 Å². The number of phenols is 1. The largest absolute Gasteiger partial charge is 0.508 e. The lowest BCUT2D eigenvalue weighted by Crippen LogP contribution is -2.27. The Bertz CT molecular complexity index is 1060. The van der Waals surface area contributed by atoms with E-state index in [0.717, 1.165) is 22.4 Å². The van der Waals surface area contributed by atoms with Crippen molar-refractivity contribution in [2.75, 3.05) is 5.01 Å². The first-order chi connectivity index (χ1) is 13.2. The fraction of sp³-hybridized carbons (Fsp3) is 0.0500. The molecule has 2 aromatic carbocycles. The summed E-state index contributed by atoms with van der Waals surface area (Å²) < 4.78 is 6.95. The van der Waals surface area contributed by atoms with Gasteiger partial charge in [-0.05, 0) is 42.0 Å². The van der Waals surface area contributed by atoms with E-state index in [1.165, 1.54) is 0 Å². The Hall–Kier alpha value is -4.05.